The SMILES string of the molecule is CC/C=C\C/C=C\C/C=C\C/C=C\C/C=C\CCCC(=O)OC(COC(=O)CCCCCCCCCCC/C=C\CCCCCCCCCC)COC1OC(CS(=O)(=O)O)C(O)C(O)C1O. The molecule has 6 atom stereocenters. The van der Waals surface area contributed by atoms with E-state index in [1.54, 1.807) is 0 Å². The van der Waals surface area contributed by atoms with Crippen LogP contribution in [-0.4, -0.2) is 96.0 Å². The number of aliphatic hydroxyl groups excluding tert-OH is 3. The van der Waals surface area contributed by atoms with Crippen molar-refractivity contribution in [2.75, 3.05) is 19.0 Å². The molecule has 0 aromatic carbocycles. The number of aliphatic hydroxyl groups is 3. The maximum absolute atomic E-state index is 12.8. The molecule has 1 aliphatic heterocycles. The zero-order chi connectivity index (χ0) is 48.4. The summed E-state index contributed by atoms with van der Waals surface area (Å²) in [5, 5.41) is 31.0. The third-order valence-corrected chi connectivity index (χ3v) is 12.0. The van der Waals surface area contributed by atoms with Gasteiger partial charge in [-0.1, -0.05) is 177 Å². The fraction of sp³-hybridized carbons (Fsp3) is 0.736. The minimum atomic E-state index is -4.62. The fourth-order valence-corrected chi connectivity index (χ4v) is 8.05. The summed E-state index contributed by atoms with van der Waals surface area (Å²) in [6.45, 7) is 3.61. The summed E-state index contributed by atoms with van der Waals surface area (Å²) in [7, 11) is -4.62. The second kappa shape index (κ2) is 42.2. The van der Waals surface area contributed by atoms with Crippen LogP contribution in [0, 0.1) is 0 Å². The van der Waals surface area contributed by atoms with Crippen molar-refractivity contribution in [2.24, 2.45) is 0 Å². The highest BCUT2D eigenvalue weighted by molar-refractivity contribution is 7.85. The van der Waals surface area contributed by atoms with Gasteiger partial charge in [-0.2, -0.15) is 8.42 Å². The summed E-state index contributed by atoms with van der Waals surface area (Å²) in [5.74, 6) is -2.07. The molecule has 0 amide bonds. The van der Waals surface area contributed by atoms with Gasteiger partial charge in [-0.15, -0.1) is 0 Å². The topological polar surface area (TPSA) is 186 Å². The van der Waals surface area contributed by atoms with E-state index in [9.17, 15) is 37.9 Å². The Morgan fingerprint density at radius 2 is 0.970 bits per heavy atom. The van der Waals surface area contributed by atoms with Crippen molar-refractivity contribution in [1.29, 1.82) is 0 Å². The Morgan fingerprint density at radius 3 is 1.48 bits per heavy atom. The van der Waals surface area contributed by atoms with Crippen LogP contribution in [0.3, 0.4) is 0 Å². The van der Waals surface area contributed by atoms with Crippen LogP contribution in [0.15, 0.2) is 72.9 Å². The average Bonchev–Trinajstić information content (AvgIpc) is 3.28. The number of esters is 2. The van der Waals surface area contributed by atoms with Gasteiger partial charge >= 0.3 is 11.9 Å². The van der Waals surface area contributed by atoms with Crippen molar-refractivity contribution in [1.82, 2.24) is 0 Å². The average molecular weight is 951 g/mol. The summed E-state index contributed by atoms with van der Waals surface area (Å²) in [5.41, 5.74) is 0. The molecular formula is C53H90O12S. The summed E-state index contributed by atoms with van der Waals surface area (Å²) < 4.78 is 54.2. The van der Waals surface area contributed by atoms with Crippen LogP contribution in [0.4, 0.5) is 0 Å². The molecule has 0 aromatic rings. The van der Waals surface area contributed by atoms with E-state index in [0.29, 0.717) is 19.3 Å². The zero-order valence-corrected chi connectivity index (χ0v) is 41.6. The van der Waals surface area contributed by atoms with Crippen LogP contribution in [0.1, 0.15) is 194 Å². The van der Waals surface area contributed by atoms with Gasteiger partial charge in [0.05, 0.1) is 6.61 Å². The van der Waals surface area contributed by atoms with Crippen molar-refractivity contribution in [2.45, 2.75) is 230 Å². The van der Waals surface area contributed by atoms with Crippen molar-refractivity contribution < 1.29 is 56.8 Å². The van der Waals surface area contributed by atoms with Crippen molar-refractivity contribution in [3.63, 3.8) is 0 Å². The maximum atomic E-state index is 12.8. The number of carbonyl (C=O) groups excluding carboxylic acids is 2. The highest BCUT2D eigenvalue weighted by atomic mass is 32.2. The van der Waals surface area contributed by atoms with Crippen LogP contribution in [0.25, 0.3) is 0 Å². The largest absolute Gasteiger partial charge is 0.462 e. The highest BCUT2D eigenvalue weighted by Crippen LogP contribution is 2.24. The first-order valence-corrected chi connectivity index (χ1v) is 27.1. The van der Waals surface area contributed by atoms with E-state index in [4.69, 9.17) is 18.9 Å². The van der Waals surface area contributed by atoms with Gasteiger partial charge in [0, 0.05) is 12.8 Å². The molecule has 0 bridgehead atoms. The maximum Gasteiger partial charge on any atom is 0.306 e. The molecule has 66 heavy (non-hydrogen) atoms. The second-order valence-electron chi connectivity index (χ2n) is 17.4. The Labute approximate surface area is 399 Å². The third-order valence-electron chi connectivity index (χ3n) is 11.3. The molecule has 380 valence electrons. The molecule has 6 unspecified atom stereocenters. The first kappa shape index (κ1) is 61.1. The van der Waals surface area contributed by atoms with E-state index in [1.807, 2.05) is 12.2 Å². The van der Waals surface area contributed by atoms with E-state index < -0.39 is 71.2 Å². The number of hydrogen-bond donors (Lipinski definition) is 4. The van der Waals surface area contributed by atoms with Crippen molar-refractivity contribution in [3.8, 4) is 0 Å². The van der Waals surface area contributed by atoms with Crippen LogP contribution < -0.4 is 0 Å². The normalized spacial score (nSPS) is 20.0. The molecule has 1 aliphatic rings. The van der Waals surface area contributed by atoms with E-state index >= 15 is 0 Å². The minimum Gasteiger partial charge on any atom is -0.462 e. The summed E-state index contributed by atoms with van der Waals surface area (Å²) in [4.78, 5) is 25.5. The van der Waals surface area contributed by atoms with Crippen LogP contribution in [0.5, 0.6) is 0 Å². The third kappa shape index (κ3) is 36.2. The molecule has 12 nitrogen and oxygen atoms in total. The Hall–Kier alpha value is -2.91. The summed E-state index contributed by atoms with van der Waals surface area (Å²) in [6.07, 6.45) is 45.2. The van der Waals surface area contributed by atoms with E-state index in [-0.39, 0.29) is 19.4 Å². The number of hydrogen-bond acceptors (Lipinski definition) is 11. The van der Waals surface area contributed by atoms with E-state index in [0.717, 1.165) is 51.4 Å². The van der Waals surface area contributed by atoms with Gasteiger partial charge < -0.3 is 34.3 Å². The quantitative estimate of drug-likeness (QED) is 0.0197. The number of rotatable bonds is 42. The summed E-state index contributed by atoms with van der Waals surface area (Å²) >= 11 is 0. The lowest BCUT2D eigenvalue weighted by Gasteiger charge is -2.40. The van der Waals surface area contributed by atoms with Gasteiger partial charge in [0.1, 0.15) is 36.8 Å². The Balaban J connectivity index is 2.41. The van der Waals surface area contributed by atoms with Crippen LogP contribution >= 0.6 is 0 Å². The Kier molecular flexibility index (Phi) is 39.1. The molecule has 1 saturated heterocycles. The van der Waals surface area contributed by atoms with Crippen LogP contribution in [-0.2, 0) is 38.7 Å². The summed E-state index contributed by atoms with van der Waals surface area (Å²) in [6, 6.07) is 0. The van der Waals surface area contributed by atoms with Crippen molar-refractivity contribution in [3.05, 3.63) is 72.9 Å². The van der Waals surface area contributed by atoms with E-state index in [1.165, 1.54) is 96.3 Å². The predicted octanol–water partition coefficient (Wildman–Crippen LogP) is 11.5. The molecule has 0 spiro atoms. The first-order chi connectivity index (χ1) is 32.0. The van der Waals surface area contributed by atoms with Crippen LogP contribution in [0.2, 0.25) is 0 Å². The standard InChI is InChI=1S/C53H90O12S/c1-3-5-7-9-11-13-15-17-19-21-22-23-24-26-27-29-31-33-35-37-39-41-48(54)62-43-46(44-63-53-52(58)51(57)50(56)47(65-53)45-66(59,60)61)64-49(55)42-40-38-36-34-32-30-28-25-20-18-16-14-12-10-8-6-4-2/h6,8,12,14,18,20-22,28,30,34,36,46-47,50-53,56-58H,3-5,7,9-11,13,15-17,19,23-27,29,31-33,35,37-45H2,1-2H3,(H,59,60,61)/b8-6-,14-12-,20-18-,22-21-,30-28-,36-34-. The minimum absolute atomic E-state index is 0.0828. The van der Waals surface area contributed by atoms with Crippen molar-refractivity contribution >= 4 is 22.1 Å². The lowest BCUT2D eigenvalue weighted by Crippen LogP contribution is -2.60. The molecule has 1 fully saturated rings. The highest BCUT2D eigenvalue weighted by Gasteiger charge is 2.46. The molecule has 1 heterocycles. The van der Waals surface area contributed by atoms with Gasteiger partial charge in [0.15, 0.2) is 12.4 Å². The van der Waals surface area contributed by atoms with Gasteiger partial charge in [0.25, 0.3) is 10.1 Å². The molecule has 0 saturated carbocycles. The monoisotopic (exact) mass is 951 g/mol. The zero-order valence-electron chi connectivity index (χ0n) is 40.8. The fourth-order valence-electron chi connectivity index (χ4n) is 7.35. The lowest BCUT2D eigenvalue weighted by molar-refractivity contribution is -0.297. The van der Waals surface area contributed by atoms with Gasteiger partial charge in [-0.25, -0.2) is 0 Å². The molecular weight excluding hydrogens is 861 g/mol. The Morgan fingerprint density at radius 1 is 0.530 bits per heavy atom. The molecule has 0 aliphatic carbocycles. The molecule has 13 heteroatoms. The molecule has 0 radical (unpaired) electrons. The number of carbonyl (C=O) groups is 2. The van der Waals surface area contributed by atoms with E-state index in [2.05, 4.69) is 74.6 Å². The number of allylic oxidation sites excluding steroid dienone is 12. The van der Waals surface area contributed by atoms with Gasteiger partial charge in [-0.05, 0) is 77.0 Å². The smallest absolute Gasteiger partial charge is 0.306 e. The second-order valence-corrected chi connectivity index (χ2v) is 18.9. The lowest BCUT2D eigenvalue weighted by atomic mass is 10.00. The molecule has 4 N–H and O–H groups in total. The molecule has 1 rings (SSSR count). The first-order valence-electron chi connectivity index (χ1n) is 25.5. The number of ether oxygens (including phenoxy) is 4. The predicted molar refractivity (Wildman–Crippen MR) is 265 cm³/mol. The Bertz CT molecular complexity index is 1490. The molecule has 0 aromatic heterocycles. The number of unbranched alkanes of at least 4 members (excludes halogenated alkanes) is 18. The van der Waals surface area contributed by atoms with Gasteiger partial charge in [-0.3, -0.25) is 14.1 Å². The van der Waals surface area contributed by atoms with Gasteiger partial charge in [0.2, 0.25) is 0 Å².